The van der Waals surface area contributed by atoms with Gasteiger partial charge in [0.2, 0.25) is 10.0 Å². The molecule has 0 aliphatic carbocycles. The van der Waals surface area contributed by atoms with Crippen LogP contribution in [-0.2, 0) is 21.2 Å². The Morgan fingerprint density at radius 1 is 1.17 bits per heavy atom. The molecule has 2 aromatic carbocycles. The van der Waals surface area contributed by atoms with Gasteiger partial charge in [-0.05, 0) is 42.7 Å². The van der Waals surface area contributed by atoms with Crippen LogP contribution >= 0.6 is 23.2 Å². The number of benzene rings is 2. The summed E-state index contributed by atoms with van der Waals surface area (Å²) in [6, 6.07) is 10.1. The van der Waals surface area contributed by atoms with Crippen molar-refractivity contribution < 1.29 is 17.9 Å². The van der Waals surface area contributed by atoms with Gasteiger partial charge < -0.3 is 10.1 Å². The molecule has 29 heavy (non-hydrogen) atoms. The van der Waals surface area contributed by atoms with E-state index in [2.05, 4.69) is 5.32 Å². The lowest BCUT2D eigenvalue weighted by atomic mass is 10.1. The third-order valence-electron chi connectivity index (χ3n) is 4.75. The van der Waals surface area contributed by atoms with Gasteiger partial charge in [0.25, 0.3) is 5.91 Å². The number of rotatable bonds is 6. The van der Waals surface area contributed by atoms with E-state index < -0.39 is 10.0 Å². The maximum atomic E-state index is 13.0. The number of hydrogen-bond donors (Lipinski definition) is 1. The average molecular weight is 457 g/mol. The SMILES string of the molecule is Cc1ccc(C(=O)NCCc2cccc(Cl)c2Cl)cc1S(=O)(=O)N1CCOCC1. The second-order valence-electron chi connectivity index (χ2n) is 6.72. The first-order chi connectivity index (χ1) is 13.8. The number of carbonyl (C=O) groups excluding carboxylic acids is 1. The fourth-order valence-electron chi connectivity index (χ4n) is 3.10. The van der Waals surface area contributed by atoms with Gasteiger partial charge in [0.15, 0.2) is 0 Å². The normalized spacial score (nSPS) is 15.3. The first-order valence-electron chi connectivity index (χ1n) is 9.20. The Morgan fingerprint density at radius 2 is 1.90 bits per heavy atom. The van der Waals surface area contributed by atoms with Gasteiger partial charge in [0.1, 0.15) is 0 Å². The van der Waals surface area contributed by atoms with Crippen LogP contribution in [0.1, 0.15) is 21.5 Å². The summed E-state index contributed by atoms with van der Waals surface area (Å²) in [5, 5.41) is 3.74. The molecule has 9 heteroatoms. The van der Waals surface area contributed by atoms with Crippen LogP contribution < -0.4 is 5.32 Å². The van der Waals surface area contributed by atoms with Gasteiger partial charge in [0, 0.05) is 25.2 Å². The predicted molar refractivity (Wildman–Crippen MR) is 113 cm³/mol. The van der Waals surface area contributed by atoms with Crippen molar-refractivity contribution in [3.05, 3.63) is 63.1 Å². The summed E-state index contributed by atoms with van der Waals surface area (Å²) in [5.74, 6) is -0.346. The smallest absolute Gasteiger partial charge is 0.251 e. The van der Waals surface area contributed by atoms with Gasteiger partial charge in [-0.1, -0.05) is 41.4 Å². The van der Waals surface area contributed by atoms with Gasteiger partial charge in [-0.25, -0.2) is 8.42 Å². The number of carbonyl (C=O) groups is 1. The van der Waals surface area contributed by atoms with Crippen LogP contribution in [0, 0.1) is 6.92 Å². The highest BCUT2D eigenvalue weighted by Crippen LogP contribution is 2.26. The molecule has 0 saturated carbocycles. The van der Waals surface area contributed by atoms with Gasteiger partial charge in [-0.3, -0.25) is 4.79 Å². The van der Waals surface area contributed by atoms with Crippen LogP contribution in [0.15, 0.2) is 41.3 Å². The minimum atomic E-state index is -3.68. The molecule has 0 aromatic heterocycles. The van der Waals surface area contributed by atoms with Gasteiger partial charge in [-0.15, -0.1) is 0 Å². The molecule has 1 fully saturated rings. The Morgan fingerprint density at radius 3 is 2.62 bits per heavy atom. The van der Waals surface area contributed by atoms with Crippen LogP contribution in [0.5, 0.6) is 0 Å². The zero-order valence-electron chi connectivity index (χ0n) is 16.0. The number of hydrogen-bond acceptors (Lipinski definition) is 4. The summed E-state index contributed by atoms with van der Waals surface area (Å²) < 4.78 is 32.5. The molecule has 1 aliphatic heterocycles. The van der Waals surface area contributed by atoms with Crippen molar-refractivity contribution in [1.29, 1.82) is 0 Å². The van der Waals surface area contributed by atoms with E-state index in [4.69, 9.17) is 27.9 Å². The Kier molecular flexibility index (Phi) is 7.19. The number of nitrogens with zero attached hydrogens (tertiary/aromatic N) is 1. The third-order valence-corrected chi connectivity index (χ3v) is 7.65. The molecule has 1 N–H and O–H groups in total. The molecule has 2 aromatic rings. The number of amides is 1. The molecular formula is C20H22Cl2N2O4S. The molecule has 1 saturated heterocycles. The largest absolute Gasteiger partial charge is 0.379 e. The molecule has 0 unspecified atom stereocenters. The third kappa shape index (κ3) is 5.10. The van der Waals surface area contributed by atoms with Crippen molar-refractivity contribution in [3.63, 3.8) is 0 Å². The van der Waals surface area contributed by atoms with E-state index in [-0.39, 0.29) is 10.8 Å². The molecule has 1 heterocycles. The molecule has 6 nitrogen and oxygen atoms in total. The Labute approximate surface area is 180 Å². The van der Waals surface area contributed by atoms with E-state index in [0.29, 0.717) is 60.4 Å². The zero-order chi connectivity index (χ0) is 21.0. The minimum absolute atomic E-state index is 0.143. The maximum Gasteiger partial charge on any atom is 0.251 e. The van der Waals surface area contributed by atoms with Gasteiger partial charge >= 0.3 is 0 Å². The quantitative estimate of drug-likeness (QED) is 0.723. The Hall–Kier alpha value is -1.64. The fourth-order valence-corrected chi connectivity index (χ4v) is 5.17. The molecule has 1 aliphatic rings. The number of ether oxygens (including phenoxy) is 1. The summed E-state index contributed by atoms with van der Waals surface area (Å²) in [5.41, 5.74) is 1.72. The number of morpholine rings is 1. The first-order valence-corrected chi connectivity index (χ1v) is 11.4. The maximum absolute atomic E-state index is 13.0. The standard InChI is InChI=1S/C20H22Cl2N2O4S/c1-14-5-6-16(13-18(14)29(26,27)24-9-11-28-12-10-24)20(25)23-8-7-15-3-2-4-17(21)19(15)22/h2-6,13H,7-12H2,1H3,(H,23,25). The second-order valence-corrected chi connectivity index (χ2v) is 9.41. The summed E-state index contributed by atoms with van der Waals surface area (Å²) in [6.45, 7) is 3.40. The Bertz CT molecular complexity index is 1010. The summed E-state index contributed by atoms with van der Waals surface area (Å²) in [6.07, 6.45) is 0.510. The van der Waals surface area contributed by atoms with Crippen LogP contribution in [-0.4, -0.2) is 51.5 Å². The van der Waals surface area contributed by atoms with E-state index in [1.54, 1.807) is 31.2 Å². The van der Waals surface area contributed by atoms with Gasteiger partial charge in [-0.2, -0.15) is 4.31 Å². The molecule has 0 radical (unpaired) electrons. The summed E-state index contributed by atoms with van der Waals surface area (Å²) in [4.78, 5) is 12.7. The minimum Gasteiger partial charge on any atom is -0.379 e. The van der Waals surface area contributed by atoms with Crippen molar-refractivity contribution in [2.45, 2.75) is 18.2 Å². The molecule has 0 atom stereocenters. The van der Waals surface area contributed by atoms with Crippen molar-refractivity contribution in [3.8, 4) is 0 Å². The number of sulfonamides is 1. The van der Waals surface area contributed by atoms with Crippen molar-refractivity contribution in [1.82, 2.24) is 9.62 Å². The lowest BCUT2D eigenvalue weighted by Crippen LogP contribution is -2.41. The number of aryl methyl sites for hydroxylation is 1. The van der Waals surface area contributed by atoms with E-state index in [0.717, 1.165) is 5.56 Å². The monoisotopic (exact) mass is 456 g/mol. The molecule has 156 valence electrons. The average Bonchev–Trinajstić information content (AvgIpc) is 2.72. The predicted octanol–water partition coefficient (Wildman–Crippen LogP) is 3.30. The second kappa shape index (κ2) is 9.45. The van der Waals surface area contributed by atoms with Crippen molar-refractivity contribution in [2.24, 2.45) is 0 Å². The zero-order valence-corrected chi connectivity index (χ0v) is 18.3. The summed E-state index contributed by atoms with van der Waals surface area (Å²) in [7, 11) is -3.68. The highest BCUT2D eigenvalue weighted by molar-refractivity contribution is 7.89. The molecule has 1 amide bonds. The topological polar surface area (TPSA) is 75.7 Å². The van der Waals surface area contributed by atoms with Gasteiger partial charge in [0.05, 0.1) is 28.2 Å². The molecule has 0 bridgehead atoms. The molecular weight excluding hydrogens is 435 g/mol. The lowest BCUT2D eigenvalue weighted by Gasteiger charge is -2.26. The van der Waals surface area contributed by atoms with Crippen LogP contribution in [0.3, 0.4) is 0 Å². The van der Waals surface area contributed by atoms with Crippen LogP contribution in [0.4, 0.5) is 0 Å². The molecule has 0 spiro atoms. The van der Waals surface area contributed by atoms with E-state index in [1.165, 1.54) is 10.4 Å². The molecule has 3 rings (SSSR count). The fraction of sp³-hybridized carbons (Fsp3) is 0.350. The van der Waals surface area contributed by atoms with E-state index in [9.17, 15) is 13.2 Å². The van der Waals surface area contributed by atoms with Crippen molar-refractivity contribution >= 4 is 39.1 Å². The van der Waals surface area contributed by atoms with E-state index >= 15 is 0 Å². The highest BCUT2D eigenvalue weighted by Gasteiger charge is 2.28. The van der Waals surface area contributed by atoms with Crippen LogP contribution in [0.25, 0.3) is 0 Å². The van der Waals surface area contributed by atoms with E-state index in [1.807, 2.05) is 6.07 Å². The lowest BCUT2D eigenvalue weighted by molar-refractivity contribution is 0.0730. The van der Waals surface area contributed by atoms with Crippen LogP contribution in [0.2, 0.25) is 10.0 Å². The number of halogens is 2. The Balaban J connectivity index is 1.71. The van der Waals surface area contributed by atoms with Crippen molar-refractivity contribution in [2.75, 3.05) is 32.8 Å². The highest BCUT2D eigenvalue weighted by atomic mass is 35.5. The number of nitrogens with one attached hydrogen (secondary N) is 1. The first kappa shape index (κ1) is 22.1. The summed E-state index contributed by atoms with van der Waals surface area (Å²) >= 11 is 12.2.